The third-order valence-corrected chi connectivity index (χ3v) is 4.25. The maximum atomic E-state index is 11.9. The number of hydrogen-bond donors (Lipinski definition) is 1. The Morgan fingerprint density at radius 3 is 2.72 bits per heavy atom. The van der Waals surface area contributed by atoms with Crippen molar-refractivity contribution in [3.05, 3.63) is 15.6 Å². The van der Waals surface area contributed by atoms with Crippen molar-refractivity contribution in [3.8, 4) is 0 Å². The van der Waals surface area contributed by atoms with E-state index < -0.39 is 0 Å². The van der Waals surface area contributed by atoms with Crippen LogP contribution in [0.4, 0.5) is 0 Å². The van der Waals surface area contributed by atoms with Gasteiger partial charge in [-0.1, -0.05) is 13.8 Å². The van der Waals surface area contributed by atoms with Gasteiger partial charge < -0.3 is 10.5 Å². The molecule has 1 saturated carbocycles. The van der Waals surface area contributed by atoms with Crippen molar-refractivity contribution >= 4 is 17.3 Å². The van der Waals surface area contributed by atoms with Crippen molar-refractivity contribution in [2.45, 2.75) is 45.6 Å². The van der Waals surface area contributed by atoms with Crippen LogP contribution < -0.4 is 5.73 Å². The molecule has 1 aromatic heterocycles. The van der Waals surface area contributed by atoms with E-state index in [9.17, 15) is 4.79 Å². The van der Waals surface area contributed by atoms with Gasteiger partial charge in [0.1, 0.15) is 9.88 Å². The summed E-state index contributed by atoms with van der Waals surface area (Å²) in [6, 6.07) is -0.101. The summed E-state index contributed by atoms with van der Waals surface area (Å²) in [6.07, 6.45) is 2.24. The van der Waals surface area contributed by atoms with E-state index in [0.29, 0.717) is 23.3 Å². The van der Waals surface area contributed by atoms with Crippen molar-refractivity contribution in [2.75, 3.05) is 6.61 Å². The fourth-order valence-electron chi connectivity index (χ4n) is 1.75. The molecule has 1 fully saturated rings. The average Bonchev–Trinajstić information content (AvgIpc) is 3.07. The molecule has 0 aliphatic heterocycles. The van der Waals surface area contributed by atoms with Crippen LogP contribution in [-0.4, -0.2) is 17.6 Å². The number of thiazole rings is 1. The number of nitrogens with two attached hydrogens (primary N) is 1. The summed E-state index contributed by atoms with van der Waals surface area (Å²) < 4.78 is 5.09. The minimum atomic E-state index is -0.251. The lowest BCUT2D eigenvalue weighted by Crippen LogP contribution is -2.16. The molecule has 0 saturated heterocycles. The van der Waals surface area contributed by atoms with Crippen LogP contribution >= 0.6 is 11.3 Å². The predicted molar refractivity (Wildman–Crippen MR) is 71.8 cm³/mol. The largest absolute Gasteiger partial charge is 0.462 e. The number of carbonyl (C=O) groups excluding carboxylic acids is 1. The maximum Gasteiger partial charge on any atom is 0.350 e. The lowest BCUT2D eigenvalue weighted by molar-refractivity contribution is 0.0530. The summed E-state index contributed by atoms with van der Waals surface area (Å²) in [7, 11) is 0. The molecule has 1 aromatic rings. The SMILES string of the molecule is CCOC(=O)c1sc(C(N)C(C)C)nc1C1CC1. The van der Waals surface area contributed by atoms with Crippen LogP contribution in [0.1, 0.15) is 65.9 Å². The lowest BCUT2D eigenvalue weighted by atomic mass is 10.1. The molecule has 1 atom stereocenters. The van der Waals surface area contributed by atoms with E-state index in [-0.39, 0.29) is 12.0 Å². The quantitative estimate of drug-likeness (QED) is 0.834. The van der Waals surface area contributed by atoms with Crippen LogP contribution in [0.5, 0.6) is 0 Å². The van der Waals surface area contributed by atoms with Crippen LogP contribution in [0.3, 0.4) is 0 Å². The summed E-state index contributed by atoms with van der Waals surface area (Å²) in [5, 5.41) is 0.856. The Labute approximate surface area is 112 Å². The molecule has 1 unspecified atom stereocenters. The van der Waals surface area contributed by atoms with Gasteiger partial charge in [-0.3, -0.25) is 0 Å². The maximum absolute atomic E-state index is 11.9. The third kappa shape index (κ3) is 2.72. The van der Waals surface area contributed by atoms with Gasteiger partial charge >= 0.3 is 5.97 Å². The molecule has 2 N–H and O–H groups in total. The zero-order valence-electron chi connectivity index (χ0n) is 11.1. The number of carbonyl (C=O) groups is 1. The van der Waals surface area contributed by atoms with Gasteiger partial charge in [-0.05, 0) is 25.7 Å². The van der Waals surface area contributed by atoms with E-state index in [1.165, 1.54) is 11.3 Å². The van der Waals surface area contributed by atoms with Crippen molar-refractivity contribution < 1.29 is 9.53 Å². The van der Waals surface area contributed by atoms with Crippen molar-refractivity contribution in [2.24, 2.45) is 11.7 Å². The molecule has 0 spiro atoms. The van der Waals surface area contributed by atoms with Crippen molar-refractivity contribution in [1.29, 1.82) is 0 Å². The van der Waals surface area contributed by atoms with E-state index in [0.717, 1.165) is 23.5 Å². The van der Waals surface area contributed by atoms with Gasteiger partial charge in [0.05, 0.1) is 18.3 Å². The standard InChI is InChI=1S/C13H20N2O2S/c1-4-17-13(16)11-10(8-5-6-8)15-12(18-11)9(14)7(2)3/h7-9H,4-6,14H2,1-3H3. The minimum Gasteiger partial charge on any atom is -0.462 e. The molecule has 1 heterocycles. The number of nitrogens with zero attached hydrogens (tertiary/aromatic N) is 1. The highest BCUT2D eigenvalue weighted by atomic mass is 32.1. The highest BCUT2D eigenvalue weighted by molar-refractivity contribution is 7.13. The summed E-state index contributed by atoms with van der Waals surface area (Å²) >= 11 is 1.40. The Kier molecular flexibility index (Phi) is 4.02. The zero-order valence-corrected chi connectivity index (χ0v) is 11.9. The molecule has 0 amide bonds. The summed E-state index contributed by atoms with van der Waals surface area (Å²) in [5.74, 6) is 0.506. The normalized spacial score (nSPS) is 16.9. The van der Waals surface area contributed by atoms with Gasteiger partial charge in [0.25, 0.3) is 0 Å². The predicted octanol–water partition coefficient (Wildman–Crippen LogP) is 2.85. The van der Waals surface area contributed by atoms with Crippen LogP contribution in [0, 0.1) is 5.92 Å². The fourth-order valence-corrected chi connectivity index (χ4v) is 2.97. The average molecular weight is 268 g/mol. The molecular formula is C13H20N2O2S. The Morgan fingerprint density at radius 2 is 2.22 bits per heavy atom. The number of esters is 1. The topological polar surface area (TPSA) is 65.2 Å². The Balaban J connectivity index is 2.29. The van der Waals surface area contributed by atoms with Gasteiger partial charge in [0.15, 0.2) is 0 Å². The molecule has 100 valence electrons. The number of hydrogen-bond acceptors (Lipinski definition) is 5. The third-order valence-electron chi connectivity index (χ3n) is 3.10. The van der Waals surface area contributed by atoms with Crippen molar-refractivity contribution in [1.82, 2.24) is 4.98 Å². The Bertz CT molecular complexity index is 438. The highest BCUT2D eigenvalue weighted by Gasteiger charge is 2.33. The molecule has 0 aromatic carbocycles. The molecule has 0 bridgehead atoms. The molecule has 0 radical (unpaired) electrons. The zero-order chi connectivity index (χ0) is 13.3. The van der Waals surface area contributed by atoms with Gasteiger partial charge in [-0.15, -0.1) is 11.3 Å². The number of aromatic nitrogens is 1. The minimum absolute atomic E-state index is 0.101. The monoisotopic (exact) mass is 268 g/mol. The number of rotatable bonds is 5. The summed E-state index contributed by atoms with van der Waals surface area (Å²) in [6.45, 7) is 6.34. The first-order chi connectivity index (χ1) is 8.54. The van der Waals surface area contributed by atoms with E-state index in [1.807, 2.05) is 6.92 Å². The number of ether oxygens (including phenoxy) is 1. The van der Waals surface area contributed by atoms with Gasteiger partial charge in [0, 0.05) is 5.92 Å². The van der Waals surface area contributed by atoms with E-state index in [2.05, 4.69) is 18.8 Å². The first kappa shape index (κ1) is 13.5. The van der Waals surface area contributed by atoms with E-state index in [4.69, 9.17) is 10.5 Å². The van der Waals surface area contributed by atoms with Crippen LogP contribution in [0.15, 0.2) is 0 Å². The Morgan fingerprint density at radius 1 is 1.56 bits per heavy atom. The molecule has 1 aliphatic carbocycles. The van der Waals surface area contributed by atoms with Gasteiger partial charge in [-0.2, -0.15) is 0 Å². The Hall–Kier alpha value is -0.940. The van der Waals surface area contributed by atoms with Gasteiger partial charge in [0.2, 0.25) is 0 Å². The molecule has 5 heteroatoms. The highest BCUT2D eigenvalue weighted by Crippen LogP contribution is 2.43. The summed E-state index contributed by atoms with van der Waals surface area (Å²) in [5.41, 5.74) is 7.02. The molecule has 2 rings (SSSR count). The first-order valence-electron chi connectivity index (χ1n) is 6.47. The fraction of sp³-hybridized carbons (Fsp3) is 0.692. The van der Waals surface area contributed by atoms with Crippen LogP contribution in [0.25, 0.3) is 0 Å². The molecule has 4 nitrogen and oxygen atoms in total. The van der Waals surface area contributed by atoms with Crippen molar-refractivity contribution in [3.63, 3.8) is 0 Å². The second-order valence-electron chi connectivity index (χ2n) is 5.03. The molecular weight excluding hydrogens is 248 g/mol. The second kappa shape index (κ2) is 5.36. The van der Waals surface area contributed by atoms with E-state index in [1.54, 1.807) is 0 Å². The molecule has 1 aliphatic rings. The first-order valence-corrected chi connectivity index (χ1v) is 7.29. The second-order valence-corrected chi connectivity index (χ2v) is 6.06. The summed E-state index contributed by atoms with van der Waals surface area (Å²) in [4.78, 5) is 17.2. The van der Waals surface area contributed by atoms with E-state index >= 15 is 0 Å². The lowest BCUT2D eigenvalue weighted by Gasteiger charge is -2.11. The molecule has 18 heavy (non-hydrogen) atoms. The van der Waals surface area contributed by atoms with Crippen LogP contribution in [-0.2, 0) is 4.74 Å². The van der Waals surface area contributed by atoms with Crippen LogP contribution in [0.2, 0.25) is 0 Å². The smallest absolute Gasteiger partial charge is 0.350 e. The van der Waals surface area contributed by atoms with Gasteiger partial charge in [-0.25, -0.2) is 9.78 Å².